The van der Waals surface area contributed by atoms with Crippen LogP contribution in [0.5, 0.6) is 0 Å². The van der Waals surface area contributed by atoms with E-state index in [9.17, 15) is 13.2 Å². The fraction of sp³-hybridized carbons (Fsp3) is 0.750. The van der Waals surface area contributed by atoms with Crippen molar-refractivity contribution in [2.24, 2.45) is 5.92 Å². The fourth-order valence-electron chi connectivity index (χ4n) is 1.74. The highest BCUT2D eigenvalue weighted by atomic mass is 32.2. The third-order valence-electron chi connectivity index (χ3n) is 2.42. The van der Waals surface area contributed by atoms with Gasteiger partial charge in [-0.05, 0) is 31.6 Å². The molecule has 0 spiro atoms. The van der Waals surface area contributed by atoms with Crippen LogP contribution in [0.3, 0.4) is 0 Å². The normalized spacial score (nSPS) is 28.6. The average Bonchev–Trinajstić information content (AvgIpc) is 2.01. The van der Waals surface area contributed by atoms with Gasteiger partial charge >= 0.3 is 5.97 Å². The summed E-state index contributed by atoms with van der Waals surface area (Å²) < 4.78 is 30.4. The smallest absolute Gasteiger partial charge is 0.303 e. The van der Waals surface area contributed by atoms with Crippen molar-refractivity contribution in [3.63, 3.8) is 0 Å². The van der Waals surface area contributed by atoms with Crippen molar-refractivity contribution in [1.82, 2.24) is 0 Å². The number of carboxylic acid groups (broad SMARTS) is 1. The molecule has 1 radical (unpaired) electrons. The summed E-state index contributed by atoms with van der Waals surface area (Å²) in [4.78, 5) is 10.4. The molecule has 1 aliphatic rings. The molecule has 0 aliphatic heterocycles. The minimum Gasteiger partial charge on any atom is -0.481 e. The summed E-state index contributed by atoms with van der Waals surface area (Å²) in [7, 11) is -4.04. The van der Waals surface area contributed by atoms with Gasteiger partial charge in [-0.2, -0.15) is 8.42 Å². The van der Waals surface area contributed by atoms with Crippen LogP contribution >= 0.6 is 0 Å². The van der Waals surface area contributed by atoms with Crippen LogP contribution in [-0.2, 0) is 14.9 Å². The molecule has 6 heteroatoms. The molecule has 0 aromatic carbocycles. The first-order chi connectivity index (χ1) is 6.39. The van der Waals surface area contributed by atoms with Crippen molar-refractivity contribution < 1.29 is 22.9 Å². The SMILES string of the molecule is O=C(O)CC1CC[CH]C(S(=O)(=O)O)C1. The second-order valence-electron chi connectivity index (χ2n) is 3.57. The van der Waals surface area contributed by atoms with Gasteiger partial charge in [0.2, 0.25) is 0 Å². The van der Waals surface area contributed by atoms with E-state index >= 15 is 0 Å². The van der Waals surface area contributed by atoms with E-state index in [2.05, 4.69) is 0 Å². The van der Waals surface area contributed by atoms with Gasteiger partial charge < -0.3 is 5.11 Å². The standard InChI is InChI=1S/C8H13O5S/c9-8(10)5-6-2-1-3-7(4-6)14(11,12)13/h3,6-7H,1-2,4-5H2,(H,9,10)(H,11,12,13). The van der Waals surface area contributed by atoms with Crippen LogP contribution in [0.4, 0.5) is 0 Å². The maximum atomic E-state index is 10.8. The van der Waals surface area contributed by atoms with Crippen LogP contribution in [0, 0.1) is 12.3 Å². The zero-order valence-corrected chi connectivity index (χ0v) is 8.40. The van der Waals surface area contributed by atoms with Gasteiger partial charge in [0.05, 0.1) is 5.25 Å². The Morgan fingerprint density at radius 1 is 1.50 bits per heavy atom. The third kappa shape index (κ3) is 3.26. The first-order valence-electron chi connectivity index (χ1n) is 4.41. The Bertz CT molecular complexity index is 308. The minimum absolute atomic E-state index is 0.0279. The van der Waals surface area contributed by atoms with E-state index in [0.29, 0.717) is 12.8 Å². The number of hydrogen-bond donors (Lipinski definition) is 2. The summed E-state index contributed by atoms with van der Waals surface area (Å²) in [5.41, 5.74) is 0. The van der Waals surface area contributed by atoms with Gasteiger partial charge in [0.1, 0.15) is 0 Å². The van der Waals surface area contributed by atoms with Crippen molar-refractivity contribution in [1.29, 1.82) is 0 Å². The number of carboxylic acids is 1. The molecule has 2 unspecified atom stereocenters. The molecular formula is C8H13O5S. The number of hydrogen-bond acceptors (Lipinski definition) is 3. The van der Waals surface area contributed by atoms with Crippen molar-refractivity contribution in [3.8, 4) is 0 Å². The summed E-state index contributed by atoms with van der Waals surface area (Å²) in [6.45, 7) is 0. The molecule has 0 amide bonds. The van der Waals surface area contributed by atoms with Crippen LogP contribution in [0.2, 0.25) is 0 Å². The summed E-state index contributed by atoms with van der Waals surface area (Å²) in [5, 5.41) is 7.64. The lowest BCUT2D eigenvalue weighted by Crippen LogP contribution is -2.29. The Labute approximate surface area is 82.9 Å². The Morgan fingerprint density at radius 2 is 2.14 bits per heavy atom. The molecule has 1 fully saturated rings. The highest BCUT2D eigenvalue weighted by molar-refractivity contribution is 7.86. The van der Waals surface area contributed by atoms with Crippen molar-refractivity contribution >= 4 is 16.1 Å². The number of carbonyl (C=O) groups is 1. The second-order valence-corrected chi connectivity index (χ2v) is 5.20. The number of aliphatic carboxylic acids is 1. The lowest BCUT2D eigenvalue weighted by atomic mass is 9.87. The topological polar surface area (TPSA) is 91.7 Å². The third-order valence-corrected chi connectivity index (χ3v) is 3.57. The Kier molecular flexibility index (Phi) is 3.49. The molecular weight excluding hydrogens is 208 g/mol. The van der Waals surface area contributed by atoms with E-state index in [-0.39, 0.29) is 18.8 Å². The van der Waals surface area contributed by atoms with Crippen LogP contribution in [0.1, 0.15) is 25.7 Å². The van der Waals surface area contributed by atoms with Crippen molar-refractivity contribution in [3.05, 3.63) is 6.42 Å². The lowest BCUT2D eigenvalue weighted by Gasteiger charge is -2.25. The minimum atomic E-state index is -4.04. The molecule has 0 aromatic heterocycles. The van der Waals surface area contributed by atoms with E-state index in [0.717, 1.165) is 0 Å². The van der Waals surface area contributed by atoms with Gasteiger partial charge in [-0.15, -0.1) is 0 Å². The van der Waals surface area contributed by atoms with Crippen molar-refractivity contribution in [2.45, 2.75) is 30.9 Å². The van der Waals surface area contributed by atoms with Crippen LogP contribution in [-0.4, -0.2) is 29.3 Å². The zero-order chi connectivity index (χ0) is 10.8. The summed E-state index contributed by atoms with van der Waals surface area (Å²) in [5.74, 6) is -1.07. The largest absolute Gasteiger partial charge is 0.481 e. The lowest BCUT2D eigenvalue weighted by molar-refractivity contribution is -0.138. The van der Waals surface area contributed by atoms with E-state index in [1.165, 1.54) is 6.42 Å². The fourth-order valence-corrected chi connectivity index (χ4v) is 2.63. The predicted octanol–water partition coefficient (Wildman–Crippen LogP) is 0.722. The van der Waals surface area contributed by atoms with E-state index in [4.69, 9.17) is 9.66 Å². The summed E-state index contributed by atoms with van der Waals surface area (Å²) in [6.07, 6.45) is 2.94. The molecule has 5 nitrogen and oxygen atoms in total. The highest BCUT2D eigenvalue weighted by Crippen LogP contribution is 2.29. The van der Waals surface area contributed by atoms with Gasteiger partial charge in [0, 0.05) is 6.42 Å². The molecule has 1 aliphatic carbocycles. The van der Waals surface area contributed by atoms with Crippen molar-refractivity contribution in [2.75, 3.05) is 0 Å². The predicted molar refractivity (Wildman–Crippen MR) is 49.2 cm³/mol. The molecule has 2 N–H and O–H groups in total. The molecule has 1 rings (SSSR count). The maximum Gasteiger partial charge on any atom is 0.303 e. The molecule has 1 saturated carbocycles. The average molecular weight is 221 g/mol. The Balaban J connectivity index is 2.56. The quantitative estimate of drug-likeness (QED) is 0.685. The first-order valence-corrected chi connectivity index (χ1v) is 5.91. The van der Waals surface area contributed by atoms with Crippen LogP contribution < -0.4 is 0 Å². The molecule has 0 saturated heterocycles. The monoisotopic (exact) mass is 221 g/mol. The molecule has 14 heavy (non-hydrogen) atoms. The van der Waals surface area contributed by atoms with Gasteiger partial charge in [-0.25, -0.2) is 0 Å². The molecule has 0 bridgehead atoms. The van der Waals surface area contributed by atoms with Gasteiger partial charge in [0.15, 0.2) is 0 Å². The summed E-state index contributed by atoms with van der Waals surface area (Å²) >= 11 is 0. The van der Waals surface area contributed by atoms with Gasteiger partial charge in [0.25, 0.3) is 10.1 Å². The molecule has 0 aromatic rings. The molecule has 81 valence electrons. The van der Waals surface area contributed by atoms with Crippen LogP contribution in [0.25, 0.3) is 0 Å². The van der Waals surface area contributed by atoms with Gasteiger partial charge in [-0.1, -0.05) is 0 Å². The van der Waals surface area contributed by atoms with Crippen LogP contribution in [0.15, 0.2) is 0 Å². The second kappa shape index (κ2) is 4.27. The molecule has 2 atom stereocenters. The van der Waals surface area contributed by atoms with E-state index in [1.807, 2.05) is 0 Å². The summed E-state index contributed by atoms with van der Waals surface area (Å²) in [6, 6.07) is 0. The number of rotatable bonds is 3. The molecule has 0 heterocycles. The Morgan fingerprint density at radius 3 is 2.64 bits per heavy atom. The Hall–Kier alpha value is -0.620. The van der Waals surface area contributed by atoms with E-state index < -0.39 is 21.3 Å². The highest BCUT2D eigenvalue weighted by Gasteiger charge is 2.31. The zero-order valence-electron chi connectivity index (χ0n) is 7.59. The first kappa shape index (κ1) is 11.5. The van der Waals surface area contributed by atoms with E-state index in [1.54, 1.807) is 0 Å². The maximum absolute atomic E-state index is 10.8. The van der Waals surface area contributed by atoms with Gasteiger partial charge in [-0.3, -0.25) is 9.35 Å².